The van der Waals surface area contributed by atoms with Crippen molar-refractivity contribution in [3.63, 3.8) is 0 Å². The first-order valence-corrected chi connectivity index (χ1v) is 13.2. The molecule has 0 fully saturated rings. The monoisotopic (exact) mass is 534 g/mol. The molecule has 2 atom stereocenters. The minimum Gasteiger partial charge on any atom is -0.387 e. The van der Waals surface area contributed by atoms with E-state index in [1.807, 2.05) is 83.8 Å². The molecule has 0 spiro atoms. The van der Waals surface area contributed by atoms with Crippen LogP contribution in [0, 0.1) is 11.6 Å². The Balaban J connectivity index is 1.36. The highest BCUT2D eigenvalue weighted by Gasteiger charge is 2.35. The Morgan fingerprint density at radius 1 is 0.850 bits per heavy atom. The minimum atomic E-state index is -1.42. The van der Waals surface area contributed by atoms with Crippen molar-refractivity contribution in [2.75, 3.05) is 16.8 Å². The van der Waals surface area contributed by atoms with Gasteiger partial charge < -0.3 is 15.3 Å². The molecule has 1 aliphatic rings. The summed E-state index contributed by atoms with van der Waals surface area (Å²) < 4.78 is 31.6. The van der Waals surface area contributed by atoms with Gasteiger partial charge in [-0.2, -0.15) is 0 Å². The predicted molar refractivity (Wildman–Crippen MR) is 153 cm³/mol. The van der Waals surface area contributed by atoms with Crippen LogP contribution in [0.2, 0.25) is 0 Å². The highest BCUT2D eigenvalue weighted by atomic mass is 19.1. The molecule has 2 N–H and O–H groups in total. The van der Waals surface area contributed by atoms with Crippen LogP contribution in [-0.2, 0) is 13.1 Å². The van der Waals surface area contributed by atoms with Crippen molar-refractivity contribution in [1.82, 2.24) is 9.97 Å². The number of pyridine rings is 2. The molecule has 0 radical (unpaired) electrons. The molecule has 0 bridgehead atoms. The molecule has 200 valence electrons. The van der Waals surface area contributed by atoms with E-state index in [4.69, 9.17) is 0 Å². The first-order chi connectivity index (χ1) is 19.6. The molecule has 0 saturated carbocycles. The van der Waals surface area contributed by atoms with Gasteiger partial charge in [0.2, 0.25) is 0 Å². The Kier molecular flexibility index (Phi) is 7.21. The van der Waals surface area contributed by atoms with Crippen LogP contribution < -0.4 is 10.2 Å². The van der Waals surface area contributed by atoms with Gasteiger partial charge in [0.15, 0.2) is 5.82 Å². The molecule has 0 aliphatic carbocycles. The van der Waals surface area contributed by atoms with Gasteiger partial charge in [0, 0.05) is 60.8 Å². The molecule has 2 aromatic heterocycles. The second-order valence-corrected chi connectivity index (χ2v) is 9.96. The van der Waals surface area contributed by atoms with Crippen LogP contribution in [0.3, 0.4) is 0 Å². The number of aliphatic hydroxyl groups is 1. The lowest BCUT2D eigenvalue weighted by molar-refractivity contribution is 0.142. The number of hydrogen-bond acceptors (Lipinski definition) is 5. The molecule has 3 heterocycles. The van der Waals surface area contributed by atoms with Crippen LogP contribution in [0.25, 0.3) is 11.1 Å². The summed E-state index contributed by atoms with van der Waals surface area (Å²) in [4.78, 5) is 10.5. The fourth-order valence-electron chi connectivity index (χ4n) is 5.31. The maximum atomic E-state index is 16.3. The molecular weight excluding hydrogens is 506 g/mol. The molecule has 7 heteroatoms. The number of fused-ring (bicyclic) bond motifs is 1. The van der Waals surface area contributed by atoms with Crippen molar-refractivity contribution in [2.24, 2.45) is 0 Å². The lowest BCUT2D eigenvalue weighted by Gasteiger charge is -2.28. The van der Waals surface area contributed by atoms with Gasteiger partial charge in [-0.1, -0.05) is 66.7 Å². The normalized spacial score (nSPS) is 14.8. The zero-order chi connectivity index (χ0) is 27.5. The average Bonchev–Trinajstić information content (AvgIpc) is 3.42. The fourth-order valence-corrected chi connectivity index (χ4v) is 5.31. The van der Waals surface area contributed by atoms with E-state index in [9.17, 15) is 5.11 Å². The molecule has 3 aromatic carbocycles. The summed E-state index contributed by atoms with van der Waals surface area (Å²) in [5.41, 5.74) is 4.28. The summed E-state index contributed by atoms with van der Waals surface area (Å²) in [5.74, 6) is -1.53. The Bertz CT molecular complexity index is 1560. The van der Waals surface area contributed by atoms with Crippen LogP contribution in [0.4, 0.5) is 20.3 Å². The number of halogens is 2. The molecule has 6 rings (SSSR count). The third-order valence-electron chi connectivity index (χ3n) is 7.36. The summed E-state index contributed by atoms with van der Waals surface area (Å²) in [7, 11) is 0. The van der Waals surface area contributed by atoms with Gasteiger partial charge in [-0.05, 0) is 35.4 Å². The second kappa shape index (κ2) is 11.2. The van der Waals surface area contributed by atoms with Gasteiger partial charge >= 0.3 is 0 Å². The van der Waals surface area contributed by atoms with Crippen molar-refractivity contribution in [3.05, 3.63) is 143 Å². The van der Waals surface area contributed by atoms with Crippen LogP contribution >= 0.6 is 0 Å². The SMILES string of the molecule is OC(c1c(F)ccc(N(Cc2ccccc2)Cc2ccccc2)c1F)C1CNc2ncc(-c3cccnc3)cc21. The Morgan fingerprint density at radius 3 is 2.20 bits per heavy atom. The first-order valence-electron chi connectivity index (χ1n) is 13.2. The molecule has 1 aliphatic heterocycles. The van der Waals surface area contributed by atoms with E-state index in [1.165, 1.54) is 12.1 Å². The fraction of sp³-hybridized carbons (Fsp3) is 0.152. The number of aromatic nitrogens is 2. The van der Waals surface area contributed by atoms with Crippen molar-refractivity contribution in [2.45, 2.75) is 25.1 Å². The van der Waals surface area contributed by atoms with E-state index in [1.54, 1.807) is 18.6 Å². The highest BCUT2D eigenvalue weighted by Crippen LogP contribution is 2.43. The van der Waals surface area contributed by atoms with Gasteiger partial charge in [0.1, 0.15) is 11.6 Å². The Hall–Kier alpha value is -4.62. The summed E-state index contributed by atoms with van der Waals surface area (Å²) >= 11 is 0. The largest absolute Gasteiger partial charge is 0.387 e. The number of nitrogens with one attached hydrogen (secondary N) is 1. The Labute approximate surface area is 231 Å². The molecule has 0 amide bonds. The molecule has 5 aromatic rings. The minimum absolute atomic E-state index is 0.233. The van der Waals surface area contributed by atoms with Gasteiger partial charge in [0.25, 0.3) is 0 Å². The van der Waals surface area contributed by atoms with Crippen molar-refractivity contribution in [1.29, 1.82) is 0 Å². The standard InChI is InChI=1S/C33H28F2N4O/c34-28-13-14-29(39(20-22-8-3-1-4-9-22)21-23-10-5-2-6-11-23)31(35)30(28)32(40)27-19-38-33-26(27)16-25(18-37-33)24-12-7-15-36-17-24/h1-18,27,32,40H,19-21H2,(H,37,38). The third-order valence-corrected chi connectivity index (χ3v) is 7.36. The quantitative estimate of drug-likeness (QED) is 0.228. The molecular formula is C33H28F2N4O. The maximum absolute atomic E-state index is 16.3. The third kappa shape index (κ3) is 5.16. The summed E-state index contributed by atoms with van der Waals surface area (Å²) in [6.07, 6.45) is 3.73. The lowest BCUT2D eigenvalue weighted by atomic mass is 9.89. The van der Waals surface area contributed by atoms with Gasteiger partial charge in [-0.3, -0.25) is 4.98 Å². The zero-order valence-corrected chi connectivity index (χ0v) is 21.7. The van der Waals surface area contributed by atoms with Gasteiger partial charge in [0.05, 0.1) is 17.4 Å². The van der Waals surface area contributed by atoms with Crippen LogP contribution in [0.5, 0.6) is 0 Å². The maximum Gasteiger partial charge on any atom is 0.155 e. The zero-order valence-electron chi connectivity index (χ0n) is 21.7. The van der Waals surface area contributed by atoms with Crippen molar-refractivity contribution < 1.29 is 13.9 Å². The summed E-state index contributed by atoms with van der Waals surface area (Å²) in [6.45, 7) is 1.14. The number of aliphatic hydroxyl groups excluding tert-OH is 1. The van der Waals surface area contributed by atoms with E-state index in [-0.39, 0.29) is 11.3 Å². The highest BCUT2D eigenvalue weighted by molar-refractivity contribution is 5.67. The molecule has 40 heavy (non-hydrogen) atoms. The van der Waals surface area contributed by atoms with Crippen LogP contribution in [0.1, 0.15) is 34.3 Å². The van der Waals surface area contributed by atoms with E-state index >= 15 is 8.78 Å². The number of rotatable bonds is 8. The average molecular weight is 535 g/mol. The topological polar surface area (TPSA) is 61.3 Å². The van der Waals surface area contributed by atoms with E-state index in [2.05, 4.69) is 15.3 Å². The number of hydrogen-bond donors (Lipinski definition) is 2. The van der Waals surface area contributed by atoms with Crippen LogP contribution in [0.15, 0.2) is 110 Å². The van der Waals surface area contributed by atoms with Gasteiger partial charge in [-0.25, -0.2) is 13.8 Å². The van der Waals surface area contributed by atoms with Crippen molar-refractivity contribution in [3.8, 4) is 11.1 Å². The van der Waals surface area contributed by atoms with E-state index in [0.29, 0.717) is 31.0 Å². The predicted octanol–water partition coefficient (Wildman–Crippen LogP) is 6.87. The van der Waals surface area contributed by atoms with Crippen molar-refractivity contribution >= 4 is 11.5 Å². The summed E-state index contributed by atoms with van der Waals surface area (Å²) in [5, 5.41) is 14.7. The van der Waals surface area contributed by atoms with E-state index in [0.717, 1.165) is 22.3 Å². The van der Waals surface area contributed by atoms with E-state index < -0.39 is 23.7 Å². The first kappa shape index (κ1) is 25.6. The summed E-state index contributed by atoms with van der Waals surface area (Å²) in [6, 6.07) is 27.9. The lowest BCUT2D eigenvalue weighted by Crippen LogP contribution is -2.25. The number of benzene rings is 3. The number of nitrogens with zero attached hydrogens (tertiary/aromatic N) is 3. The van der Waals surface area contributed by atoms with Crippen LogP contribution in [-0.4, -0.2) is 21.6 Å². The smallest absolute Gasteiger partial charge is 0.155 e. The molecule has 2 unspecified atom stereocenters. The Morgan fingerprint density at radius 2 is 1.55 bits per heavy atom. The second-order valence-electron chi connectivity index (χ2n) is 9.96. The van der Waals surface area contributed by atoms with Gasteiger partial charge in [-0.15, -0.1) is 0 Å². The number of anilines is 2. The molecule has 5 nitrogen and oxygen atoms in total. The molecule has 0 saturated heterocycles.